The molecule has 2 fully saturated rings. The number of hydrogen-bond acceptors (Lipinski definition) is 3. The highest BCUT2D eigenvalue weighted by molar-refractivity contribution is 5.40. The number of nitrogens with one attached hydrogen (secondary N) is 1. The van der Waals surface area contributed by atoms with Gasteiger partial charge in [-0.2, -0.15) is 0 Å². The van der Waals surface area contributed by atoms with Gasteiger partial charge < -0.3 is 10.2 Å². The molecule has 2 saturated heterocycles. The molecule has 3 heterocycles. The summed E-state index contributed by atoms with van der Waals surface area (Å²) in [4.78, 5) is 6.27. The molecule has 2 aliphatic heterocycles. The second-order valence-electron chi connectivity index (χ2n) is 5.01. The van der Waals surface area contributed by atoms with Crippen LogP contribution in [0.4, 0.5) is 10.2 Å². The third kappa shape index (κ3) is 2.14. The lowest BCUT2D eigenvalue weighted by molar-refractivity contribution is 0.243. The molecule has 4 heteroatoms. The molecule has 2 aliphatic rings. The summed E-state index contributed by atoms with van der Waals surface area (Å²) in [7, 11) is 0. The molecule has 0 bridgehead atoms. The molecule has 1 aromatic heterocycles. The van der Waals surface area contributed by atoms with Crippen LogP contribution in [0.3, 0.4) is 0 Å². The van der Waals surface area contributed by atoms with Crippen LogP contribution < -0.4 is 10.2 Å². The van der Waals surface area contributed by atoms with E-state index in [1.165, 1.54) is 18.9 Å². The Morgan fingerprint density at radius 1 is 1.41 bits per heavy atom. The fraction of sp³-hybridized carbons (Fsp3) is 0.615. The minimum atomic E-state index is -0.199. The van der Waals surface area contributed by atoms with Crippen molar-refractivity contribution in [2.75, 3.05) is 24.5 Å². The molecule has 1 aromatic rings. The van der Waals surface area contributed by atoms with Crippen LogP contribution in [0.15, 0.2) is 18.3 Å². The Labute approximate surface area is 101 Å². The van der Waals surface area contributed by atoms with Gasteiger partial charge in [0.2, 0.25) is 0 Å². The number of hydrogen-bond donors (Lipinski definition) is 1. The Morgan fingerprint density at radius 2 is 2.35 bits per heavy atom. The van der Waals surface area contributed by atoms with Crippen molar-refractivity contribution in [3.8, 4) is 0 Å². The molecule has 0 spiro atoms. The number of anilines is 1. The van der Waals surface area contributed by atoms with Crippen LogP contribution in [0.1, 0.15) is 19.3 Å². The van der Waals surface area contributed by atoms with Crippen molar-refractivity contribution in [3.63, 3.8) is 0 Å². The van der Waals surface area contributed by atoms with Gasteiger partial charge >= 0.3 is 0 Å². The van der Waals surface area contributed by atoms with E-state index in [9.17, 15) is 4.39 Å². The zero-order valence-electron chi connectivity index (χ0n) is 9.90. The maximum absolute atomic E-state index is 13.7. The Hall–Kier alpha value is -1.16. The number of pyridine rings is 1. The highest BCUT2D eigenvalue weighted by Crippen LogP contribution is 2.28. The predicted molar refractivity (Wildman–Crippen MR) is 65.5 cm³/mol. The van der Waals surface area contributed by atoms with E-state index in [-0.39, 0.29) is 5.82 Å². The molecule has 2 atom stereocenters. The molecule has 1 N–H and O–H groups in total. The first-order valence-electron chi connectivity index (χ1n) is 6.43. The van der Waals surface area contributed by atoms with Crippen LogP contribution in [0, 0.1) is 11.7 Å². The number of fused-ring (bicyclic) bond motifs is 1. The van der Waals surface area contributed by atoms with Gasteiger partial charge in [0.05, 0.1) is 0 Å². The summed E-state index contributed by atoms with van der Waals surface area (Å²) < 4.78 is 13.7. The number of piperidine rings is 2. The van der Waals surface area contributed by atoms with Crippen LogP contribution in [0.2, 0.25) is 0 Å². The lowest BCUT2D eigenvalue weighted by Gasteiger charge is -2.42. The van der Waals surface area contributed by atoms with E-state index in [0.29, 0.717) is 17.8 Å². The van der Waals surface area contributed by atoms with Gasteiger partial charge in [0.15, 0.2) is 11.6 Å². The van der Waals surface area contributed by atoms with Gasteiger partial charge in [0, 0.05) is 25.3 Å². The molecule has 3 rings (SSSR count). The van der Waals surface area contributed by atoms with Crippen LogP contribution >= 0.6 is 0 Å². The van der Waals surface area contributed by atoms with Gasteiger partial charge in [-0.1, -0.05) is 0 Å². The first-order chi connectivity index (χ1) is 8.34. The fourth-order valence-corrected chi connectivity index (χ4v) is 3.05. The summed E-state index contributed by atoms with van der Waals surface area (Å²) in [5.41, 5.74) is 0. The van der Waals surface area contributed by atoms with Crippen LogP contribution in [0.25, 0.3) is 0 Å². The lowest BCUT2D eigenvalue weighted by atomic mass is 9.85. The van der Waals surface area contributed by atoms with Gasteiger partial charge in [-0.05, 0) is 43.9 Å². The molecular formula is C13H18FN3. The molecule has 2 unspecified atom stereocenters. The van der Waals surface area contributed by atoms with Crippen molar-refractivity contribution in [2.45, 2.75) is 25.3 Å². The largest absolute Gasteiger partial charge is 0.354 e. The summed E-state index contributed by atoms with van der Waals surface area (Å²) in [6, 6.07) is 3.77. The number of aromatic nitrogens is 1. The van der Waals surface area contributed by atoms with Crippen molar-refractivity contribution in [3.05, 3.63) is 24.1 Å². The molecule has 0 aromatic carbocycles. The molecule has 3 nitrogen and oxygen atoms in total. The van der Waals surface area contributed by atoms with Crippen LogP contribution in [-0.2, 0) is 0 Å². The highest BCUT2D eigenvalue weighted by Gasteiger charge is 2.32. The molecular weight excluding hydrogens is 217 g/mol. The van der Waals surface area contributed by atoms with Crippen molar-refractivity contribution >= 4 is 5.82 Å². The molecule has 0 radical (unpaired) electrons. The fourth-order valence-electron chi connectivity index (χ4n) is 3.05. The Kier molecular flexibility index (Phi) is 2.97. The maximum Gasteiger partial charge on any atom is 0.165 e. The quantitative estimate of drug-likeness (QED) is 0.804. The van der Waals surface area contributed by atoms with Crippen LogP contribution in [-0.4, -0.2) is 30.7 Å². The van der Waals surface area contributed by atoms with Gasteiger partial charge in [-0.25, -0.2) is 9.37 Å². The number of rotatable bonds is 1. The molecule has 0 aliphatic carbocycles. The molecule has 92 valence electrons. The minimum Gasteiger partial charge on any atom is -0.354 e. The van der Waals surface area contributed by atoms with Crippen LogP contribution in [0.5, 0.6) is 0 Å². The lowest BCUT2D eigenvalue weighted by Crippen LogP contribution is -2.52. The molecule has 0 amide bonds. The predicted octanol–water partition coefficient (Wildman–Crippen LogP) is 1.80. The van der Waals surface area contributed by atoms with E-state index in [0.717, 1.165) is 26.1 Å². The Morgan fingerprint density at radius 3 is 3.24 bits per heavy atom. The zero-order chi connectivity index (χ0) is 11.7. The average molecular weight is 235 g/mol. The van der Waals surface area contributed by atoms with E-state index in [1.54, 1.807) is 12.3 Å². The highest BCUT2D eigenvalue weighted by atomic mass is 19.1. The van der Waals surface area contributed by atoms with Gasteiger partial charge in [0.1, 0.15) is 0 Å². The molecule has 17 heavy (non-hydrogen) atoms. The maximum atomic E-state index is 13.7. The van der Waals surface area contributed by atoms with Crippen molar-refractivity contribution in [1.82, 2.24) is 10.3 Å². The second kappa shape index (κ2) is 4.61. The Balaban J connectivity index is 1.76. The zero-order valence-corrected chi connectivity index (χ0v) is 9.90. The SMILES string of the molecule is Fc1cccnc1N1CCC2NCCCC2C1. The topological polar surface area (TPSA) is 28.2 Å². The van der Waals surface area contributed by atoms with E-state index in [1.807, 2.05) is 0 Å². The van der Waals surface area contributed by atoms with Gasteiger partial charge in [-0.3, -0.25) is 0 Å². The first kappa shape index (κ1) is 11.0. The van der Waals surface area contributed by atoms with Crippen molar-refractivity contribution in [1.29, 1.82) is 0 Å². The van der Waals surface area contributed by atoms with E-state index < -0.39 is 0 Å². The average Bonchev–Trinajstić information content (AvgIpc) is 2.39. The monoisotopic (exact) mass is 235 g/mol. The third-order valence-electron chi connectivity index (χ3n) is 3.93. The second-order valence-corrected chi connectivity index (χ2v) is 5.01. The Bertz CT molecular complexity index is 396. The third-order valence-corrected chi connectivity index (χ3v) is 3.93. The summed E-state index contributed by atoms with van der Waals surface area (Å²) in [5.74, 6) is 0.977. The van der Waals surface area contributed by atoms with E-state index >= 15 is 0 Å². The van der Waals surface area contributed by atoms with Crippen molar-refractivity contribution in [2.24, 2.45) is 5.92 Å². The standard InChI is InChI=1S/C13H18FN3/c14-11-4-2-7-16-13(11)17-8-5-12-10(9-17)3-1-6-15-12/h2,4,7,10,12,15H,1,3,5-6,8-9H2. The summed E-state index contributed by atoms with van der Waals surface area (Å²) >= 11 is 0. The van der Waals surface area contributed by atoms with Gasteiger partial charge in [0.25, 0.3) is 0 Å². The number of nitrogens with zero attached hydrogens (tertiary/aromatic N) is 2. The minimum absolute atomic E-state index is 0.199. The smallest absolute Gasteiger partial charge is 0.165 e. The number of halogens is 1. The summed E-state index contributed by atoms with van der Waals surface area (Å²) in [6.45, 7) is 2.98. The van der Waals surface area contributed by atoms with Crippen molar-refractivity contribution < 1.29 is 4.39 Å². The summed E-state index contributed by atoms with van der Waals surface area (Å²) in [6.07, 6.45) is 5.26. The molecule has 0 saturated carbocycles. The summed E-state index contributed by atoms with van der Waals surface area (Å²) in [5, 5.41) is 3.57. The normalized spacial score (nSPS) is 28.9. The van der Waals surface area contributed by atoms with E-state index in [4.69, 9.17) is 0 Å². The van der Waals surface area contributed by atoms with E-state index in [2.05, 4.69) is 15.2 Å². The van der Waals surface area contributed by atoms with Gasteiger partial charge in [-0.15, -0.1) is 0 Å². The first-order valence-corrected chi connectivity index (χ1v) is 6.43.